The van der Waals surface area contributed by atoms with E-state index in [-0.39, 0.29) is 17.6 Å². The van der Waals surface area contributed by atoms with Crippen molar-refractivity contribution in [3.05, 3.63) is 70.6 Å². The van der Waals surface area contributed by atoms with Crippen molar-refractivity contribution in [1.82, 2.24) is 0 Å². The Balaban J connectivity index is 1.87. The topological polar surface area (TPSA) is 76.1 Å². The first kappa shape index (κ1) is 14.3. The lowest BCUT2D eigenvalue weighted by atomic mass is 9.68. The number of Topliss-reactive ketones (excluding diaryl/α,β-unsaturated/α-hetero) is 1. The van der Waals surface area contributed by atoms with Gasteiger partial charge in [-0.1, -0.05) is 42.5 Å². The summed E-state index contributed by atoms with van der Waals surface area (Å²) in [5.74, 6) is -0.157. The molecular formula is C21H16N2O2. The first-order chi connectivity index (χ1) is 12.2. The number of ether oxygens (including phenoxy) is 1. The third-order valence-electron chi connectivity index (χ3n) is 5.73. The number of allylic oxidation sites excluding steroid dienone is 2. The van der Waals surface area contributed by atoms with E-state index in [0.29, 0.717) is 11.1 Å². The van der Waals surface area contributed by atoms with Gasteiger partial charge in [-0.15, -0.1) is 0 Å². The maximum absolute atomic E-state index is 13.5. The summed E-state index contributed by atoms with van der Waals surface area (Å²) in [6.07, 6.45) is 4.73. The summed E-state index contributed by atoms with van der Waals surface area (Å²) < 4.78 is 6.14. The highest BCUT2D eigenvalue weighted by atomic mass is 16.5. The molecular weight excluding hydrogens is 312 g/mol. The lowest BCUT2D eigenvalue weighted by Gasteiger charge is -2.43. The predicted octanol–water partition coefficient (Wildman–Crippen LogP) is 3.68. The fourth-order valence-electron chi connectivity index (χ4n) is 4.74. The second kappa shape index (κ2) is 4.73. The summed E-state index contributed by atoms with van der Waals surface area (Å²) in [6, 6.07) is 13.9. The van der Waals surface area contributed by atoms with Crippen LogP contribution < -0.4 is 5.73 Å². The molecule has 2 aromatic carbocycles. The van der Waals surface area contributed by atoms with Crippen molar-refractivity contribution in [1.29, 1.82) is 5.26 Å². The summed E-state index contributed by atoms with van der Waals surface area (Å²) in [7, 11) is 0. The molecule has 4 heteroatoms. The molecule has 3 aliphatic rings. The molecule has 122 valence electrons. The summed E-state index contributed by atoms with van der Waals surface area (Å²) in [5, 5.41) is 11.5. The smallest absolute Gasteiger partial charge is 0.212 e. The average molecular weight is 328 g/mol. The minimum absolute atomic E-state index is 0.0444. The number of nitriles is 1. The van der Waals surface area contributed by atoms with Gasteiger partial charge in [0.1, 0.15) is 11.6 Å². The molecule has 2 atom stereocenters. The number of benzene rings is 2. The van der Waals surface area contributed by atoms with Crippen molar-refractivity contribution in [2.75, 3.05) is 0 Å². The fourth-order valence-corrected chi connectivity index (χ4v) is 4.74. The molecule has 2 aromatic rings. The number of nitrogens with zero attached hydrogens (tertiary/aromatic N) is 1. The zero-order valence-electron chi connectivity index (χ0n) is 13.6. The Labute approximate surface area is 145 Å². The molecule has 2 aliphatic carbocycles. The fraction of sp³-hybridized carbons (Fsp3) is 0.238. The number of hydrogen-bond acceptors (Lipinski definition) is 4. The van der Waals surface area contributed by atoms with Crippen LogP contribution in [-0.4, -0.2) is 5.78 Å². The van der Waals surface area contributed by atoms with Gasteiger partial charge in [0.2, 0.25) is 17.3 Å². The molecule has 0 radical (unpaired) electrons. The molecule has 0 saturated heterocycles. The lowest BCUT2D eigenvalue weighted by Crippen LogP contribution is -2.48. The Morgan fingerprint density at radius 1 is 1.24 bits per heavy atom. The maximum Gasteiger partial charge on any atom is 0.212 e. The van der Waals surface area contributed by atoms with Crippen LogP contribution in [0.25, 0.3) is 10.8 Å². The monoisotopic (exact) mass is 328 g/mol. The second-order valence-electron chi connectivity index (χ2n) is 6.87. The minimum atomic E-state index is -1.14. The van der Waals surface area contributed by atoms with Gasteiger partial charge in [-0.05, 0) is 30.2 Å². The number of carbonyl (C=O) groups is 1. The second-order valence-corrected chi connectivity index (χ2v) is 6.87. The highest BCUT2D eigenvalue weighted by Gasteiger charge is 2.59. The molecule has 5 rings (SSSR count). The van der Waals surface area contributed by atoms with Crippen LogP contribution in [0.2, 0.25) is 0 Å². The molecule has 1 aliphatic heterocycles. The van der Waals surface area contributed by atoms with Crippen LogP contribution in [0.5, 0.6) is 0 Å². The van der Waals surface area contributed by atoms with Gasteiger partial charge >= 0.3 is 0 Å². The Kier molecular flexibility index (Phi) is 2.71. The van der Waals surface area contributed by atoms with E-state index < -0.39 is 5.60 Å². The quantitative estimate of drug-likeness (QED) is 0.800. The first-order valence-corrected chi connectivity index (χ1v) is 8.55. The number of fused-ring (bicyclic) bond motifs is 3. The van der Waals surface area contributed by atoms with Gasteiger partial charge in [0.15, 0.2) is 0 Å². The normalized spacial score (nSPS) is 27.1. The van der Waals surface area contributed by atoms with E-state index in [2.05, 4.69) is 12.1 Å². The van der Waals surface area contributed by atoms with Gasteiger partial charge < -0.3 is 10.5 Å². The summed E-state index contributed by atoms with van der Waals surface area (Å²) >= 11 is 0. The molecule has 1 heterocycles. The summed E-state index contributed by atoms with van der Waals surface area (Å²) in [4.78, 5) is 13.5. The molecule has 0 bridgehead atoms. The Hall–Kier alpha value is -3.06. The van der Waals surface area contributed by atoms with Crippen LogP contribution in [0.3, 0.4) is 0 Å². The van der Waals surface area contributed by atoms with E-state index in [4.69, 9.17) is 10.5 Å². The maximum atomic E-state index is 13.5. The van der Waals surface area contributed by atoms with E-state index in [1.807, 2.05) is 36.4 Å². The Morgan fingerprint density at radius 3 is 2.84 bits per heavy atom. The Morgan fingerprint density at radius 2 is 2.04 bits per heavy atom. The molecule has 0 saturated carbocycles. The zero-order valence-corrected chi connectivity index (χ0v) is 13.6. The lowest BCUT2D eigenvalue weighted by molar-refractivity contribution is -0.0305. The van der Waals surface area contributed by atoms with Crippen molar-refractivity contribution in [2.45, 2.75) is 24.9 Å². The highest BCUT2D eigenvalue weighted by molar-refractivity contribution is 6.20. The van der Waals surface area contributed by atoms with Gasteiger partial charge in [-0.25, -0.2) is 0 Å². The minimum Gasteiger partial charge on any atom is -0.458 e. The van der Waals surface area contributed by atoms with Crippen molar-refractivity contribution in [3.8, 4) is 6.07 Å². The zero-order chi connectivity index (χ0) is 17.2. The van der Waals surface area contributed by atoms with E-state index in [1.165, 1.54) is 0 Å². The average Bonchev–Trinajstić information content (AvgIpc) is 2.88. The summed E-state index contributed by atoms with van der Waals surface area (Å²) in [5.41, 5.74) is 7.79. The van der Waals surface area contributed by atoms with Crippen molar-refractivity contribution < 1.29 is 9.53 Å². The van der Waals surface area contributed by atoms with E-state index >= 15 is 0 Å². The van der Waals surface area contributed by atoms with Gasteiger partial charge in [-0.3, -0.25) is 4.79 Å². The van der Waals surface area contributed by atoms with Gasteiger partial charge in [-0.2, -0.15) is 5.26 Å². The first-order valence-electron chi connectivity index (χ1n) is 8.55. The van der Waals surface area contributed by atoms with E-state index in [0.717, 1.165) is 41.2 Å². The van der Waals surface area contributed by atoms with Crippen molar-refractivity contribution in [3.63, 3.8) is 0 Å². The number of rotatable bonds is 0. The largest absolute Gasteiger partial charge is 0.458 e. The third-order valence-corrected chi connectivity index (χ3v) is 5.73. The Bertz CT molecular complexity index is 1050. The molecule has 0 aromatic heterocycles. The van der Waals surface area contributed by atoms with E-state index in [9.17, 15) is 10.1 Å². The van der Waals surface area contributed by atoms with Crippen molar-refractivity contribution in [2.24, 2.45) is 11.7 Å². The van der Waals surface area contributed by atoms with Gasteiger partial charge in [0.05, 0.1) is 0 Å². The van der Waals surface area contributed by atoms with Crippen LogP contribution in [0, 0.1) is 17.2 Å². The van der Waals surface area contributed by atoms with Crippen LogP contribution >= 0.6 is 0 Å². The number of carbonyl (C=O) groups excluding carboxylic acids is 1. The van der Waals surface area contributed by atoms with Crippen molar-refractivity contribution >= 4 is 16.6 Å². The molecule has 0 fully saturated rings. The van der Waals surface area contributed by atoms with Crippen LogP contribution in [0.15, 0.2) is 59.5 Å². The molecule has 0 unspecified atom stereocenters. The predicted molar refractivity (Wildman–Crippen MR) is 93.3 cm³/mol. The standard InChI is InChI=1S/C21H16N2O2/c22-11-15-13-7-1-2-9-16(13)21(25-20(15)23)17-10-4-6-12-5-3-8-14(18(12)17)19(21)24/h3-8,10,16H,1-2,9,23H2/t16-,21+/m0/s1. The molecule has 2 N–H and O–H groups in total. The van der Waals surface area contributed by atoms with Gasteiger partial charge in [0.25, 0.3) is 0 Å². The van der Waals surface area contributed by atoms with Gasteiger partial charge in [0, 0.05) is 22.4 Å². The number of hydrogen-bond donors (Lipinski definition) is 1. The van der Waals surface area contributed by atoms with Crippen LogP contribution in [0.1, 0.15) is 35.2 Å². The van der Waals surface area contributed by atoms with Crippen LogP contribution in [0.4, 0.5) is 0 Å². The number of ketones is 1. The molecule has 0 amide bonds. The summed E-state index contributed by atoms with van der Waals surface area (Å²) in [6.45, 7) is 0. The molecule has 1 spiro atoms. The molecule has 25 heavy (non-hydrogen) atoms. The highest BCUT2D eigenvalue weighted by Crippen LogP contribution is 2.56. The van der Waals surface area contributed by atoms with Crippen LogP contribution in [-0.2, 0) is 10.3 Å². The third kappa shape index (κ3) is 1.58. The SMILES string of the molecule is N#CC1=C(N)O[C@]2(C(=O)c3cccc4cccc2c34)[C@H]2CCCC=C12. The number of nitrogens with two attached hydrogens (primary N) is 1. The molecule has 4 nitrogen and oxygen atoms in total. The van der Waals surface area contributed by atoms with E-state index in [1.54, 1.807) is 0 Å².